The van der Waals surface area contributed by atoms with Gasteiger partial charge >= 0.3 is 0 Å². The van der Waals surface area contributed by atoms with Gasteiger partial charge in [-0.15, -0.1) is 0 Å². The number of nitrogens with two attached hydrogens (primary N) is 1. The molecule has 11 heavy (non-hydrogen) atoms. The number of carbonyl (C=O) groups excluding carboxylic acids is 1. The largest absolute Gasteiger partial charge is 0.334 e. The number of likely N-dealkylation sites (tertiary alicyclic amines) is 1. The molecule has 3 heteroatoms. The van der Waals surface area contributed by atoms with Crippen molar-refractivity contribution in [3.63, 3.8) is 0 Å². The Bertz CT molecular complexity index is 179. The van der Waals surface area contributed by atoms with Gasteiger partial charge in [0.25, 0.3) is 0 Å². The first-order chi connectivity index (χ1) is 5.20. The van der Waals surface area contributed by atoms with Crippen LogP contribution in [0.15, 0.2) is 12.7 Å². The number of carbonyl (C=O) groups is 1. The van der Waals surface area contributed by atoms with E-state index in [1.807, 2.05) is 0 Å². The van der Waals surface area contributed by atoms with Crippen LogP contribution in [0.3, 0.4) is 0 Å². The third-order valence-electron chi connectivity index (χ3n) is 2.24. The summed E-state index contributed by atoms with van der Waals surface area (Å²) in [7, 11) is 0. The van der Waals surface area contributed by atoms with Crippen LogP contribution in [0.4, 0.5) is 0 Å². The van der Waals surface area contributed by atoms with Crippen LogP contribution in [-0.4, -0.2) is 29.9 Å². The van der Waals surface area contributed by atoms with Gasteiger partial charge in [0.2, 0.25) is 5.91 Å². The lowest BCUT2D eigenvalue weighted by Crippen LogP contribution is -2.60. The summed E-state index contributed by atoms with van der Waals surface area (Å²) in [6, 6.07) is 0.237. The van der Waals surface area contributed by atoms with Crippen LogP contribution in [0.2, 0.25) is 0 Å². The van der Waals surface area contributed by atoms with E-state index in [9.17, 15) is 4.79 Å². The minimum absolute atomic E-state index is 0.00134. The zero-order valence-corrected chi connectivity index (χ0v) is 6.79. The first-order valence-corrected chi connectivity index (χ1v) is 3.83. The highest BCUT2D eigenvalue weighted by Crippen LogP contribution is 2.23. The molecule has 0 aromatic carbocycles. The molecule has 0 bridgehead atoms. The Labute approximate surface area is 66.9 Å². The standard InChI is InChI=1S/C8H14N2O/c1-3-8(11)10-5-6(2)7(10)4-9/h3,6-7H,1,4-5,9H2,2H3. The highest BCUT2D eigenvalue weighted by atomic mass is 16.2. The van der Waals surface area contributed by atoms with E-state index in [0.717, 1.165) is 6.54 Å². The molecule has 0 aliphatic carbocycles. The summed E-state index contributed by atoms with van der Waals surface area (Å²) in [4.78, 5) is 12.8. The Balaban J connectivity index is 2.50. The first kappa shape index (κ1) is 8.27. The molecule has 62 valence electrons. The molecule has 0 spiro atoms. The van der Waals surface area contributed by atoms with Crippen molar-refractivity contribution in [1.29, 1.82) is 0 Å². The minimum Gasteiger partial charge on any atom is -0.334 e. The van der Waals surface area contributed by atoms with Gasteiger partial charge in [0, 0.05) is 19.1 Å². The molecule has 1 rings (SSSR count). The average Bonchev–Trinajstić information content (AvgIpc) is 1.99. The summed E-state index contributed by atoms with van der Waals surface area (Å²) >= 11 is 0. The molecule has 1 saturated heterocycles. The van der Waals surface area contributed by atoms with Crippen LogP contribution in [-0.2, 0) is 4.79 Å². The van der Waals surface area contributed by atoms with Gasteiger partial charge < -0.3 is 10.6 Å². The van der Waals surface area contributed by atoms with Gasteiger partial charge in [-0.1, -0.05) is 13.5 Å². The molecule has 0 aromatic rings. The fourth-order valence-electron chi connectivity index (χ4n) is 1.47. The molecular weight excluding hydrogens is 140 g/mol. The van der Waals surface area contributed by atoms with Crippen LogP contribution in [0, 0.1) is 5.92 Å². The maximum absolute atomic E-state index is 11.1. The molecular formula is C8H14N2O. The maximum Gasteiger partial charge on any atom is 0.246 e. The van der Waals surface area contributed by atoms with E-state index < -0.39 is 0 Å². The van der Waals surface area contributed by atoms with Gasteiger partial charge in [-0.3, -0.25) is 4.79 Å². The van der Waals surface area contributed by atoms with Crippen molar-refractivity contribution in [3.8, 4) is 0 Å². The van der Waals surface area contributed by atoms with Crippen LogP contribution in [0.1, 0.15) is 6.92 Å². The highest BCUT2D eigenvalue weighted by molar-refractivity contribution is 5.88. The molecule has 1 heterocycles. The first-order valence-electron chi connectivity index (χ1n) is 3.83. The van der Waals surface area contributed by atoms with Crippen molar-refractivity contribution < 1.29 is 4.79 Å². The van der Waals surface area contributed by atoms with Crippen molar-refractivity contribution in [1.82, 2.24) is 4.90 Å². The lowest BCUT2D eigenvalue weighted by atomic mass is 9.90. The highest BCUT2D eigenvalue weighted by Gasteiger charge is 2.36. The third kappa shape index (κ3) is 1.28. The van der Waals surface area contributed by atoms with E-state index in [1.165, 1.54) is 6.08 Å². The SMILES string of the molecule is C=CC(=O)N1CC(C)C1CN. The van der Waals surface area contributed by atoms with E-state index in [1.54, 1.807) is 4.90 Å². The third-order valence-corrected chi connectivity index (χ3v) is 2.24. The lowest BCUT2D eigenvalue weighted by Gasteiger charge is -2.45. The molecule has 0 aromatic heterocycles. The predicted molar refractivity (Wildman–Crippen MR) is 43.9 cm³/mol. The minimum atomic E-state index is -0.00134. The number of hydrogen-bond donors (Lipinski definition) is 1. The average molecular weight is 154 g/mol. The zero-order valence-electron chi connectivity index (χ0n) is 6.79. The fraction of sp³-hybridized carbons (Fsp3) is 0.625. The molecule has 2 atom stereocenters. The van der Waals surface area contributed by atoms with Crippen LogP contribution < -0.4 is 5.73 Å². The quantitative estimate of drug-likeness (QED) is 0.568. The normalized spacial score (nSPS) is 29.5. The lowest BCUT2D eigenvalue weighted by molar-refractivity contribution is -0.136. The summed E-state index contributed by atoms with van der Waals surface area (Å²) in [5, 5.41) is 0. The Kier molecular flexibility index (Phi) is 2.29. The Morgan fingerprint density at radius 1 is 1.91 bits per heavy atom. The van der Waals surface area contributed by atoms with Crippen molar-refractivity contribution >= 4 is 5.91 Å². The summed E-state index contributed by atoms with van der Waals surface area (Å²) in [5.74, 6) is 0.544. The van der Waals surface area contributed by atoms with Gasteiger partial charge in [-0.2, -0.15) is 0 Å². The van der Waals surface area contributed by atoms with Crippen LogP contribution in [0.5, 0.6) is 0 Å². The van der Waals surface area contributed by atoms with Crippen molar-refractivity contribution in [3.05, 3.63) is 12.7 Å². The van der Waals surface area contributed by atoms with Crippen molar-refractivity contribution in [2.24, 2.45) is 11.7 Å². The summed E-state index contributed by atoms with van der Waals surface area (Å²) < 4.78 is 0. The molecule has 2 N–H and O–H groups in total. The second kappa shape index (κ2) is 3.05. The number of nitrogens with zero attached hydrogens (tertiary/aromatic N) is 1. The van der Waals surface area contributed by atoms with E-state index in [0.29, 0.717) is 12.5 Å². The van der Waals surface area contributed by atoms with Crippen LogP contribution >= 0.6 is 0 Å². The molecule has 0 radical (unpaired) electrons. The van der Waals surface area contributed by atoms with Gasteiger partial charge in [-0.25, -0.2) is 0 Å². The molecule has 1 aliphatic heterocycles. The second-order valence-electron chi connectivity index (χ2n) is 2.98. The number of amides is 1. The predicted octanol–water partition coefficient (Wildman–Crippen LogP) is -0.0220. The molecule has 1 aliphatic rings. The molecule has 0 saturated carbocycles. The summed E-state index contributed by atoms with van der Waals surface area (Å²) in [6.07, 6.45) is 1.34. The monoisotopic (exact) mass is 154 g/mol. The van der Waals surface area contributed by atoms with E-state index in [2.05, 4.69) is 13.5 Å². The van der Waals surface area contributed by atoms with Gasteiger partial charge in [0.05, 0.1) is 0 Å². The van der Waals surface area contributed by atoms with Crippen molar-refractivity contribution in [2.45, 2.75) is 13.0 Å². The smallest absolute Gasteiger partial charge is 0.246 e. The maximum atomic E-state index is 11.1. The number of rotatable bonds is 2. The van der Waals surface area contributed by atoms with E-state index >= 15 is 0 Å². The van der Waals surface area contributed by atoms with E-state index in [-0.39, 0.29) is 11.9 Å². The Morgan fingerprint density at radius 2 is 2.55 bits per heavy atom. The number of hydrogen-bond acceptors (Lipinski definition) is 2. The van der Waals surface area contributed by atoms with Gasteiger partial charge in [-0.05, 0) is 12.0 Å². The van der Waals surface area contributed by atoms with Gasteiger partial charge in [0.1, 0.15) is 0 Å². The van der Waals surface area contributed by atoms with E-state index in [4.69, 9.17) is 5.73 Å². The molecule has 1 fully saturated rings. The molecule has 1 amide bonds. The molecule has 2 unspecified atom stereocenters. The van der Waals surface area contributed by atoms with Crippen molar-refractivity contribution in [2.75, 3.05) is 13.1 Å². The topological polar surface area (TPSA) is 46.3 Å². The van der Waals surface area contributed by atoms with Gasteiger partial charge in [0.15, 0.2) is 0 Å². The molecule has 3 nitrogen and oxygen atoms in total. The fourth-order valence-corrected chi connectivity index (χ4v) is 1.47. The zero-order chi connectivity index (χ0) is 8.43. The second-order valence-corrected chi connectivity index (χ2v) is 2.98. The summed E-state index contributed by atoms with van der Waals surface area (Å²) in [6.45, 7) is 6.91. The Hall–Kier alpha value is -0.830. The Morgan fingerprint density at radius 3 is 2.91 bits per heavy atom. The summed E-state index contributed by atoms with van der Waals surface area (Å²) in [5.41, 5.74) is 5.48. The van der Waals surface area contributed by atoms with Crippen LogP contribution in [0.25, 0.3) is 0 Å².